The summed E-state index contributed by atoms with van der Waals surface area (Å²) in [5.74, 6) is 0.911. The van der Waals surface area contributed by atoms with Gasteiger partial charge in [0.2, 0.25) is 0 Å². The van der Waals surface area contributed by atoms with Crippen molar-refractivity contribution in [2.45, 2.75) is 31.8 Å². The van der Waals surface area contributed by atoms with Crippen LogP contribution in [-0.2, 0) is 11.3 Å². The van der Waals surface area contributed by atoms with Gasteiger partial charge in [0, 0.05) is 18.7 Å². The Labute approximate surface area is 103 Å². The topological polar surface area (TPSA) is 30.5 Å². The summed E-state index contributed by atoms with van der Waals surface area (Å²) in [6.07, 6.45) is 2.32. The molecule has 17 heavy (non-hydrogen) atoms. The first kappa shape index (κ1) is 12.4. The van der Waals surface area contributed by atoms with E-state index in [2.05, 4.69) is 24.4 Å². The second kappa shape index (κ2) is 5.52. The average molecular weight is 235 g/mol. The largest absolute Gasteiger partial charge is 0.497 e. The predicted molar refractivity (Wildman–Crippen MR) is 68.3 cm³/mol. The van der Waals surface area contributed by atoms with Gasteiger partial charge in [-0.05, 0) is 37.5 Å². The molecule has 2 rings (SSSR count). The Hall–Kier alpha value is -1.06. The Bertz CT molecular complexity index is 359. The maximum Gasteiger partial charge on any atom is 0.119 e. The molecule has 0 aliphatic carbocycles. The Morgan fingerprint density at radius 1 is 1.47 bits per heavy atom. The molecule has 1 unspecified atom stereocenters. The van der Waals surface area contributed by atoms with Crippen LogP contribution < -0.4 is 10.1 Å². The van der Waals surface area contributed by atoms with Crippen LogP contribution >= 0.6 is 0 Å². The summed E-state index contributed by atoms with van der Waals surface area (Å²) >= 11 is 0. The third-order valence-electron chi connectivity index (χ3n) is 3.29. The average Bonchev–Trinajstić information content (AvgIpc) is 2.38. The fourth-order valence-corrected chi connectivity index (χ4v) is 2.17. The molecule has 0 bridgehead atoms. The highest BCUT2D eigenvalue weighted by molar-refractivity contribution is 5.28. The SMILES string of the molecule is COc1cccc(CNC2(C)CCCOC2)c1. The van der Waals surface area contributed by atoms with Gasteiger partial charge in [-0.2, -0.15) is 0 Å². The van der Waals surface area contributed by atoms with E-state index in [1.165, 1.54) is 12.0 Å². The minimum Gasteiger partial charge on any atom is -0.497 e. The van der Waals surface area contributed by atoms with Gasteiger partial charge in [0.1, 0.15) is 5.75 Å². The summed E-state index contributed by atoms with van der Waals surface area (Å²) in [5, 5.41) is 3.59. The van der Waals surface area contributed by atoms with Gasteiger partial charge < -0.3 is 14.8 Å². The third-order valence-corrected chi connectivity index (χ3v) is 3.29. The molecule has 1 aliphatic rings. The predicted octanol–water partition coefficient (Wildman–Crippen LogP) is 2.35. The van der Waals surface area contributed by atoms with E-state index in [0.717, 1.165) is 31.9 Å². The molecule has 94 valence electrons. The molecule has 3 nitrogen and oxygen atoms in total. The highest BCUT2D eigenvalue weighted by Gasteiger charge is 2.26. The summed E-state index contributed by atoms with van der Waals surface area (Å²) in [5.41, 5.74) is 1.36. The van der Waals surface area contributed by atoms with E-state index in [0.29, 0.717) is 0 Å². The molecule has 1 aromatic carbocycles. The number of hydrogen-bond donors (Lipinski definition) is 1. The van der Waals surface area contributed by atoms with Gasteiger partial charge in [-0.1, -0.05) is 12.1 Å². The van der Waals surface area contributed by atoms with Gasteiger partial charge in [-0.15, -0.1) is 0 Å². The first-order chi connectivity index (χ1) is 8.22. The van der Waals surface area contributed by atoms with E-state index in [4.69, 9.17) is 9.47 Å². The quantitative estimate of drug-likeness (QED) is 0.869. The number of benzene rings is 1. The molecule has 1 N–H and O–H groups in total. The zero-order valence-electron chi connectivity index (χ0n) is 10.7. The van der Waals surface area contributed by atoms with Gasteiger partial charge in [0.25, 0.3) is 0 Å². The normalized spacial score (nSPS) is 24.6. The number of nitrogens with one attached hydrogen (secondary N) is 1. The summed E-state index contributed by atoms with van der Waals surface area (Å²) in [6, 6.07) is 8.17. The molecule has 1 aliphatic heterocycles. The van der Waals surface area contributed by atoms with Crippen LogP contribution in [0.2, 0.25) is 0 Å². The van der Waals surface area contributed by atoms with Crippen molar-refractivity contribution < 1.29 is 9.47 Å². The molecule has 1 atom stereocenters. The molecule has 1 saturated heterocycles. The summed E-state index contributed by atoms with van der Waals surface area (Å²) in [7, 11) is 1.70. The zero-order valence-corrected chi connectivity index (χ0v) is 10.7. The first-order valence-electron chi connectivity index (χ1n) is 6.18. The van der Waals surface area contributed by atoms with E-state index in [1.54, 1.807) is 7.11 Å². The van der Waals surface area contributed by atoms with Crippen molar-refractivity contribution in [3.63, 3.8) is 0 Å². The van der Waals surface area contributed by atoms with Crippen LogP contribution in [0.25, 0.3) is 0 Å². The fraction of sp³-hybridized carbons (Fsp3) is 0.571. The van der Waals surface area contributed by atoms with E-state index < -0.39 is 0 Å². The third kappa shape index (κ3) is 3.45. The maximum absolute atomic E-state index is 5.53. The van der Waals surface area contributed by atoms with Crippen LogP contribution in [0.1, 0.15) is 25.3 Å². The zero-order chi connectivity index (χ0) is 12.1. The molecular weight excluding hydrogens is 214 g/mol. The van der Waals surface area contributed by atoms with Gasteiger partial charge in [0.05, 0.1) is 13.7 Å². The molecular formula is C14H21NO2. The minimum atomic E-state index is 0.112. The van der Waals surface area contributed by atoms with Crippen LogP contribution in [0.3, 0.4) is 0 Å². The molecule has 0 saturated carbocycles. The molecule has 3 heteroatoms. The van der Waals surface area contributed by atoms with E-state index in [-0.39, 0.29) is 5.54 Å². The lowest BCUT2D eigenvalue weighted by atomic mass is 9.94. The van der Waals surface area contributed by atoms with Gasteiger partial charge in [-0.3, -0.25) is 0 Å². The van der Waals surface area contributed by atoms with Crippen LogP contribution in [0.5, 0.6) is 5.75 Å². The van der Waals surface area contributed by atoms with Crippen LogP contribution in [0, 0.1) is 0 Å². The van der Waals surface area contributed by atoms with Crippen molar-refractivity contribution in [1.82, 2.24) is 5.32 Å². The maximum atomic E-state index is 5.53. The van der Waals surface area contributed by atoms with E-state index in [1.807, 2.05) is 12.1 Å². The Kier molecular flexibility index (Phi) is 4.02. The lowest BCUT2D eigenvalue weighted by Gasteiger charge is -2.34. The fourth-order valence-electron chi connectivity index (χ4n) is 2.17. The molecule has 1 fully saturated rings. The van der Waals surface area contributed by atoms with E-state index >= 15 is 0 Å². The van der Waals surface area contributed by atoms with Crippen molar-refractivity contribution >= 4 is 0 Å². The second-order valence-corrected chi connectivity index (χ2v) is 4.92. The molecule has 1 aromatic rings. The van der Waals surface area contributed by atoms with Crippen LogP contribution in [0.4, 0.5) is 0 Å². The molecule has 1 heterocycles. The molecule has 0 aromatic heterocycles. The Balaban J connectivity index is 1.92. The number of rotatable bonds is 4. The summed E-state index contributed by atoms with van der Waals surface area (Å²) in [4.78, 5) is 0. The Morgan fingerprint density at radius 3 is 3.06 bits per heavy atom. The van der Waals surface area contributed by atoms with Crippen molar-refractivity contribution in [1.29, 1.82) is 0 Å². The Morgan fingerprint density at radius 2 is 2.35 bits per heavy atom. The van der Waals surface area contributed by atoms with Crippen molar-refractivity contribution in [2.75, 3.05) is 20.3 Å². The van der Waals surface area contributed by atoms with Crippen molar-refractivity contribution in [3.8, 4) is 5.75 Å². The smallest absolute Gasteiger partial charge is 0.119 e. The molecule has 0 radical (unpaired) electrons. The summed E-state index contributed by atoms with van der Waals surface area (Å²) < 4.78 is 10.8. The highest BCUT2D eigenvalue weighted by atomic mass is 16.5. The number of ether oxygens (including phenoxy) is 2. The standard InChI is InChI=1S/C14H21NO2/c1-14(7-4-8-17-11-14)15-10-12-5-3-6-13(9-12)16-2/h3,5-6,9,15H,4,7-8,10-11H2,1-2H3. The molecule has 0 amide bonds. The van der Waals surface area contributed by atoms with Crippen LogP contribution in [0.15, 0.2) is 24.3 Å². The monoisotopic (exact) mass is 235 g/mol. The van der Waals surface area contributed by atoms with Gasteiger partial charge in [0.15, 0.2) is 0 Å². The van der Waals surface area contributed by atoms with Crippen molar-refractivity contribution in [2.24, 2.45) is 0 Å². The number of hydrogen-bond acceptors (Lipinski definition) is 3. The van der Waals surface area contributed by atoms with Crippen molar-refractivity contribution in [3.05, 3.63) is 29.8 Å². The number of methoxy groups -OCH3 is 1. The second-order valence-electron chi connectivity index (χ2n) is 4.92. The lowest BCUT2D eigenvalue weighted by molar-refractivity contribution is 0.0278. The highest BCUT2D eigenvalue weighted by Crippen LogP contribution is 2.19. The van der Waals surface area contributed by atoms with E-state index in [9.17, 15) is 0 Å². The van der Waals surface area contributed by atoms with Crippen LogP contribution in [-0.4, -0.2) is 25.9 Å². The summed E-state index contributed by atoms with van der Waals surface area (Å²) in [6.45, 7) is 4.79. The first-order valence-corrected chi connectivity index (χ1v) is 6.18. The molecule has 0 spiro atoms. The van der Waals surface area contributed by atoms with Gasteiger partial charge >= 0.3 is 0 Å². The van der Waals surface area contributed by atoms with Gasteiger partial charge in [-0.25, -0.2) is 0 Å². The lowest BCUT2D eigenvalue weighted by Crippen LogP contribution is -2.48. The minimum absolute atomic E-state index is 0.112.